The van der Waals surface area contributed by atoms with Gasteiger partial charge in [-0.1, -0.05) is 13.8 Å². The van der Waals surface area contributed by atoms with Crippen molar-refractivity contribution in [1.29, 1.82) is 0 Å². The lowest BCUT2D eigenvalue weighted by molar-refractivity contribution is 0.114. The first-order chi connectivity index (χ1) is 9.24. The van der Waals surface area contributed by atoms with E-state index in [9.17, 15) is 8.42 Å². The molecule has 0 fully saturated rings. The van der Waals surface area contributed by atoms with Gasteiger partial charge in [0.2, 0.25) is 10.0 Å². The van der Waals surface area contributed by atoms with Gasteiger partial charge >= 0.3 is 0 Å². The molecule has 0 aliphatic rings. The average Bonchev–Trinajstić information content (AvgIpc) is 2.32. The van der Waals surface area contributed by atoms with Crippen LogP contribution in [0.25, 0.3) is 0 Å². The van der Waals surface area contributed by atoms with Crippen LogP contribution in [0.5, 0.6) is 0 Å². The summed E-state index contributed by atoms with van der Waals surface area (Å²) in [6.45, 7) is 8.85. The predicted molar refractivity (Wildman–Crippen MR) is 81.2 cm³/mol. The highest BCUT2D eigenvalue weighted by atomic mass is 32.2. The monoisotopic (exact) mass is 300 g/mol. The highest BCUT2D eigenvalue weighted by Gasteiger charge is 2.18. The molecular weight excluding hydrogens is 276 g/mol. The Morgan fingerprint density at radius 3 is 2.55 bits per heavy atom. The largest absolute Gasteiger partial charge is 0.398 e. The van der Waals surface area contributed by atoms with E-state index >= 15 is 0 Å². The molecule has 0 spiro atoms. The molecule has 0 atom stereocenters. The first-order valence-corrected chi connectivity index (χ1v) is 8.16. The van der Waals surface area contributed by atoms with Crippen LogP contribution in [0.1, 0.15) is 25.0 Å². The lowest BCUT2D eigenvalue weighted by Gasteiger charge is -2.12. The summed E-state index contributed by atoms with van der Waals surface area (Å²) in [7, 11) is -3.55. The van der Waals surface area contributed by atoms with E-state index in [1.54, 1.807) is 19.1 Å². The van der Waals surface area contributed by atoms with Gasteiger partial charge in [0.05, 0.1) is 11.5 Å². The zero-order valence-corrected chi connectivity index (χ0v) is 13.4. The molecule has 0 saturated heterocycles. The van der Waals surface area contributed by atoms with E-state index in [-0.39, 0.29) is 11.4 Å². The molecule has 6 heteroatoms. The van der Waals surface area contributed by atoms with Crippen molar-refractivity contribution in [3.05, 3.63) is 23.3 Å². The second-order valence-corrected chi connectivity index (χ2v) is 7.08. The van der Waals surface area contributed by atoms with Crippen LogP contribution >= 0.6 is 0 Å². The van der Waals surface area contributed by atoms with Crippen LogP contribution in [-0.2, 0) is 14.8 Å². The average molecular weight is 300 g/mol. The molecule has 3 N–H and O–H groups in total. The molecule has 0 bridgehead atoms. The lowest BCUT2D eigenvalue weighted by Crippen LogP contribution is -2.28. The second-order valence-electron chi connectivity index (χ2n) is 5.34. The molecule has 114 valence electrons. The molecule has 0 heterocycles. The maximum atomic E-state index is 12.2. The SMILES string of the molecule is Cc1cc(N)c(C)c(S(=O)(=O)NCCOCC(C)C)c1. The first-order valence-electron chi connectivity index (χ1n) is 6.68. The zero-order valence-electron chi connectivity index (χ0n) is 12.6. The third kappa shape index (κ3) is 4.77. The van der Waals surface area contributed by atoms with Gasteiger partial charge in [-0.3, -0.25) is 0 Å². The number of sulfonamides is 1. The Labute approximate surface area is 121 Å². The van der Waals surface area contributed by atoms with Crippen molar-refractivity contribution in [3.63, 3.8) is 0 Å². The molecule has 1 aromatic carbocycles. The summed E-state index contributed by atoms with van der Waals surface area (Å²) in [4.78, 5) is 0.235. The maximum Gasteiger partial charge on any atom is 0.240 e. The molecule has 0 aliphatic carbocycles. The number of hydrogen-bond donors (Lipinski definition) is 2. The minimum absolute atomic E-state index is 0.235. The highest BCUT2D eigenvalue weighted by Crippen LogP contribution is 2.22. The molecule has 0 radical (unpaired) electrons. The number of benzene rings is 1. The third-order valence-electron chi connectivity index (χ3n) is 2.82. The summed E-state index contributed by atoms with van der Waals surface area (Å²) < 4.78 is 32.4. The third-order valence-corrected chi connectivity index (χ3v) is 4.41. The van der Waals surface area contributed by atoms with Gasteiger partial charge < -0.3 is 10.5 Å². The Morgan fingerprint density at radius 1 is 1.30 bits per heavy atom. The summed E-state index contributed by atoms with van der Waals surface area (Å²) in [5.74, 6) is 0.436. The fraction of sp³-hybridized carbons (Fsp3) is 0.571. The molecule has 1 aromatic rings. The van der Waals surface area contributed by atoms with Gasteiger partial charge in [-0.2, -0.15) is 0 Å². The van der Waals surface area contributed by atoms with Crippen molar-refractivity contribution in [2.45, 2.75) is 32.6 Å². The molecule has 0 unspecified atom stereocenters. The van der Waals surface area contributed by atoms with Gasteiger partial charge in [0.1, 0.15) is 0 Å². The van der Waals surface area contributed by atoms with Gasteiger partial charge in [-0.25, -0.2) is 13.1 Å². The second kappa shape index (κ2) is 7.06. The van der Waals surface area contributed by atoms with E-state index in [0.29, 0.717) is 30.4 Å². The van der Waals surface area contributed by atoms with Gasteiger partial charge in [0.15, 0.2) is 0 Å². The van der Waals surface area contributed by atoms with Gasteiger partial charge in [0.25, 0.3) is 0 Å². The number of hydrogen-bond acceptors (Lipinski definition) is 4. The number of ether oxygens (including phenoxy) is 1. The Kier molecular flexibility index (Phi) is 5.98. The lowest BCUT2D eigenvalue weighted by atomic mass is 10.1. The first kappa shape index (κ1) is 16.9. The number of aryl methyl sites for hydroxylation is 1. The van der Waals surface area contributed by atoms with Crippen LogP contribution in [0, 0.1) is 19.8 Å². The summed E-state index contributed by atoms with van der Waals surface area (Å²) in [6.07, 6.45) is 0. The number of rotatable bonds is 7. The van der Waals surface area contributed by atoms with E-state index in [2.05, 4.69) is 4.72 Å². The summed E-state index contributed by atoms with van der Waals surface area (Å²) in [5, 5.41) is 0. The molecule has 0 aliphatic heterocycles. The number of nitrogen functional groups attached to an aromatic ring is 1. The van der Waals surface area contributed by atoms with Gasteiger partial charge in [-0.05, 0) is 43.0 Å². The Morgan fingerprint density at radius 2 is 1.95 bits per heavy atom. The van der Waals surface area contributed by atoms with Gasteiger partial charge in [-0.15, -0.1) is 0 Å². The predicted octanol–water partition coefficient (Wildman–Crippen LogP) is 1.84. The molecule has 0 amide bonds. The number of anilines is 1. The molecule has 5 nitrogen and oxygen atoms in total. The summed E-state index contributed by atoms with van der Waals surface area (Å²) >= 11 is 0. The molecule has 20 heavy (non-hydrogen) atoms. The quantitative estimate of drug-likeness (QED) is 0.594. The fourth-order valence-electron chi connectivity index (χ4n) is 1.78. The van der Waals surface area contributed by atoms with Crippen LogP contribution < -0.4 is 10.5 Å². The van der Waals surface area contributed by atoms with Crippen LogP contribution in [0.2, 0.25) is 0 Å². The Hall–Kier alpha value is -1.11. The topological polar surface area (TPSA) is 81.4 Å². The Bertz CT molecular complexity index is 554. The summed E-state index contributed by atoms with van der Waals surface area (Å²) in [6, 6.07) is 3.39. The van der Waals surface area contributed by atoms with E-state index in [0.717, 1.165) is 5.56 Å². The summed E-state index contributed by atoms with van der Waals surface area (Å²) in [5.41, 5.74) is 7.70. The van der Waals surface area contributed by atoms with E-state index < -0.39 is 10.0 Å². The van der Waals surface area contributed by atoms with Crippen molar-refractivity contribution in [2.75, 3.05) is 25.5 Å². The van der Waals surface area contributed by atoms with Crippen LogP contribution in [0.15, 0.2) is 17.0 Å². The zero-order chi connectivity index (χ0) is 15.3. The van der Waals surface area contributed by atoms with Crippen LogP contribution in [0.4, 0.5) is 5.69 Å². The molecule has 0 aromatic heterocycles. The minimum atomic E-state index is -3.55. The number of nitrogens with one attached hydrogen (secondary N) is 1. The van der Waals surface area contributed by atoms with E-state index in [4.69, 9.17) is 10.5 Å². The van der Waals surface area contributed by atoms with E-state index in [1.165, 1.54) is 0 Å². The molecule has 0 saturated carbocycles. The van der Waals surface area contributed by atoms with Crippen molar-refractivity contribution in [1.82, 2.24) is 4.72 Å². The number of nitrogens with two attached hydrogens (primary N) is 1. The van der Waals surface area contributed by atoms with Crippen LogP contribution in [-0.4, -0.2) is 28.2 Å². The van der Waals surface area contributed by atoms with Crippen molar-refractivity contribution < 1.29 is 13.2 Å². The molecule has 1 rings (SSSR count). The van der Waals surface area contributed by atoms with Crippen LogP contribution in [0.3, 0.4) is 0 Å². The minimum Gasteiger partial charge on any atom is -0.398 e. The fourth-order valence-corrected chi connectivity index (χ4v) is 3.15. The van der Waals surface area contributed by atoms with Gasteiger partial charge in [0, 0.05) is 18.8 Å². The molecular formula is C14H24N2O3S. The maximum absolute atomic E-state index is 12.2. The van der Waals surface area contributed by atoms with Crippen molar-refractivity contribution in [2.24, 2.45) is 5.92 Å². The smallest absolute Gasteiger partial charge is 0.240 e. The van der Waals surface area contributed by atoms with Crippen molar-refractivity contribution >= 4 is 15.7 Å². The van der Waals surface area contributed by atoms with E-state index in [1.807, 2.05) is 20.8 Å². The highest BCUT2D eigenvalue weighted by molar-refractivity contribution is 7.89. The normalized spacial score (nSPS) is 12.1. The Balaban J connectivity index is 2.70. The standard InChI is InChI=1S/C14H24N2O3S/c1-10(2)9-19-6-5-16-20(17,18)14-8-11(3)7-13(15)12(14)4/h7-8,10,16H,5-6,9,15H2,1-4H3. The van der Waals surface area contributed by atoms with Crippen molar-refractivity contribution in [3.8, 4) is 0 Å².